The fraction of sp³-hybridized carbons (Fsp3) is 0.292. The van der Waals surface area contributed by atoms with Crippen LogP contribution in [0.25, 0.3) is 10.9 Å². The van der Waals surface area contributed by atoms with Gasteiger partial charge in [-0.05, 0) is 64.8 Å². The van der Waals surface area contributed by atoms with Crippen LogP contribution in [0.5, 0.6) is 0 Å². The molecule has 0 radical (unpaired) electrons. The molecule has 0 atom stereocenters. The number of carbonyl (C=O) groups excluding carboxylic acids is 1. The lowest BCUT2D eigenvalue weighted by Gasteiger charge is -2.42. The SMILES string of the molecule is Cc1nnc(CN(C)C(=O)c2cccc3c(C4(c5ccc(I)cc5)CCC4)c[nH]c23)o1. The Morgan fingerprint density at radius 2 is 1.97 bits per heavy atom. The van der Waals surface area contributed by atoms with Gasteiger partial charge in [-0.1, -0.05) is 30.7 Å². The third-order valence-electron chi connectivity index (χ3n) is 6.35. The van der Waals surface area contributed by atoms with Crippen LogP contribution in [0.2, 0.25) is 0 Å². The molecule has 0 aliphatic heterocycles. The van der Waals surface area contributed by atoms with Crippen LogP contribution < -0.4 is 0 Å². The number of para-hydroxylation sites is 1. The van der Waals surface area contributed by atoms with Gasteiger partial charge >= 0.3 is 0 Å². The second kappa shape index (κ2) is 7.78. The number of aromatic nitrogens is 3. The molecule has 158 valence electrons. The first-order valence-corrected chi connectivity index (χ1v) is 11.5. The second-order valence-electron chi connectivity index (χ2n) is 8.25. The largest absolute Gasteiger partial charge is 0.424 e. The highest BCUT2D eigenvalue weighted by Gasteiger charge is 2.42. The van der Waals surface area contributed by atoms with Crippen molar-refractivity contribution in [3.05, 3.63) is 80.7 Å². The van der Waals surface area contributed by atoms with Crippen molar-refractivity contribution in [3.8, 4) is 0 Å². The first-order valence-electron chi connectivity index (χ1n) is 10.4. The van der Waals surface area contributed by atoms with Crippen LogP contribution >= 0.6 is 22.6 Å². The van der Waals surface area contributed by atoms with Gasteiger partial charge in [-0.15, -0.1) is 10.2 Å². The highest BCUT2D eigenvalue weighted by atomic mass is 127. The number of nitrogens with zero attached hydrogens (tertiary/aromatic N) is 3. The molecule has 2 aromatic heterocycles. The summed E-state index contributed by atoms with van der Waals surface area (Å²) in [6.07, 6.45) is 5.55. The smallest absolute Gasteiger partial charge is 0.256 e. The maximum absolute atomic E-state index is 13.2. The molecule has 2 aromatic carbocycles. The van der Waals surface area contributed by atoms with Gasteiger partial charge in [0.1, 0.15) is 0 Å². The molecule has 1 N–H and O–H groups in total. The molecule has 0 bridgehead atoms. The number of nitrogens with one attached hydrogen (secondary N) is 1. The molecule has 0 unspecified atom stereocenters. The van der Waals surface area contributed by atoms with Crippen molar-refractivity contribution < 1.29 is 9.21 Å². The maximum atomic E-state index is 13.2. The summed E-state index contributed by atoms with van der Waals surface area (Å²) in [5, 5.41) is 8.96. The van der Waals surface area contributed by atoms with Gasteiger partial charge in [-0.25, -0.2) is 0 Å². The van der Waals surface area contributed by atoms with Crippen LogP contribution in [0.3, 0.4) is 0 Å². The Kier molecular flexibility index (Phi) is 5.08. The van der Waals surface area contributed by atoms with Crippen molar-refractivity contribution >= 4 is 39.4 Å². The fourth-order valence-electron chi connectivity index (χ4n) is 4.62. The summed E-state index contributed by atoms with van der Waals surface area (Å²) in [6.45, 7) is 2.01. The van der Waals surface area contributed by atoms with E-state index >= 15 is 0 Å². The molecule has 1 saturated carbocycles. The molecule has 31 heavy (non-hydrogen) atoms. The Hall–Kier alpha value is -2.68. The molecule has 4 aromatic rings. The molecule has 7 heteroatoms. The Morgan fingerprint density at radius 3 is 2.61 bits per heavy atom. The number of carbonyl (C=O) groups is 1. The number of benzene rings is 2. The summed E-state index contributed by atoms with van der Waals surface area (Å²) in [6, 6.07) is 14.8. The van der Waals surface area contributed by atoms with E-state index in [9.17, 15) is 4.79 Å². The lowest BCUT2D eigenvalue weighted by molar-refractivity contribution is 0.0774. The molecule has 0 saturated heterocycles. The van der Waals surface area contributed by atoms with E-state index in [1.54, 1.807) is 18.9 Å². The summed E-state index contributed by atoms with van der Waals surface area (Å²) < 4.78 is 6.67. The van der Waals surface area contributed by atoms with Crippen LogP contribution in [-0.2, 0) is 12.0 Å². The quantitative estimate of drug-likeness (QED) is 0.363. The van der Waals surface area contributed by atoms with Crippen molar-refractivity contribution in [1.29, 1.82) is 0 Å². The van der Waals surface area contributed by atoms with E-state index in [4.69, 9.17) is 4.42 Å². The maximum Gasteiger partial charge on any atom is 0.256 e. The number of aryl methyl sites for hydroxylation is 1. The number of aromatic amines is 1. The number of hydrogen-bond donors (Lipinski definition) is 1. The average Bonchev–Trinajstić information content (AvgIpc) is 3.34. The van der Waals surface area contributed by atoms with E-state index in [1.165, 1.54) is 21.1 Å². The van der Waals surface area contributed by atoms with Crippen LogP contribution in [0.1, 0.15) is 52.5 Å². The van der Waals surface area contributed by atoms with Gasteiger partial charge in [-0.3, -0.25) is 4.79 Å². The molecule has 0 spiro atoms. The minimum Gasteiger partial charge on any atom is -0.424 e. The lowest BCUT2D eigenvalue weighted by Crippen LogP contribution is -2.35. The summed E-state index contributed by atoms with van der Waals surface area (Å²) in [7, 11) is 1.75. The minimum atomic E-state index is -0.0771. The van der Waals surface area contributed by atoms with E-state index < -0.39 is 0 Å². The van der Waals surface area contributed by atoms with Gasteiger partial charge in [0.15, 0.2) is 0 Å². The van der Waals surface area contributed by atoms with Gasteiger partial charge in [0.05, 0.1) is 17.6 Å². The zero-order valence-electron chi connectivity index (χ0n) is 17.5. The van der Waals surface area contributed by atoms with Crippen molar-refractivity contribution in [2.45, 2.75) is 38.1 Å². The summed E-state index contributed by atoms with van der Waals surface area (Å²) >= 11 is 2.35. The minimum absolute atomic E-state index is 0.0114. The number of amides is 1. The molecule has 2 heterocycles. The zero-order chi connectivity index (χ0) is 21.6. The Balaban J connectivity index is 1.51. The summed E-state index contributed by atoms with van der Waals surface area (Å²) in [5.74, 6) is 0.847. The van der Waals surface area contributed by atoms with Crippen LogP contribution in [-0.4, -0.2) is 33.0 Å². The van der Waals surface area contributed by atoms with Crippen molar-refractivity contribution in [1.82, 2.24) is 20.1 Å². The van der Waals surface area contributed by atoms with E-state index in [0.29, 0.717) is 17.3 Å². The van der Waals surface area contributed by atoms with Gasteiger partial charge in [0.25, 0.3) is 5.91 Å². The monoisotopic (exact) mass is 526 g/mol. The molecule has 1 aliphatic rings. The number of fused-ring (bicyclic) bond motifs is 1. The topological polar surface area (TPSA) is 75.0 Å². The average molecular weight is 526 g/mol. The third kappa shape index (κ3) is 3.44. The molecule has 5 rings (SSSR count). The van der Waals surface area contributed by atoms with Crippen molar-refractivity contribution in [2.24, 2.45) is 0 Å². The highest BCUT2D eigenvalue weighted by Crippen LogP contribution is 2.51. The van der Waals surface area contributed by atoms with Crippen LogP contribution in [0.15, 0.2) is 53.1 Å². The molecule has 1 aliphatic carbocycles. The van der Waals surface area contributed by atoms with Gasteiger partial charge in [0.2, 0.25) is 11.8 Å². The third-order valence-corrected chi connectivity index (χ3v) is 7.07. The number of rotatable bonds is 5. The van der Waals surface area contributed by atoms with Crippen LogP contribution in [0, 0.1) is 10.5 Å². The number of halogens is 1. The highest BCUT2D eigenvalue weighted by molar-refractivity contribution is 14.1. The van der Waals surface area contributed by atoms with Gasteiger partial charge in [0, 0.05) is 34.5 Å². The Bertz CT molecular complexity index is 1250. The fourth-order valence-corrected chi connectivity index (χ4v) is 4.98. The van der Waals surface area contributed by atoms with E-state index in [1.807, 2.05) is 12.1 Å². The first kappa shape index (κ1) is 20.2. The van der Waals surface area contributed by atoms with Gasteiger partial charge in [-0.2, -0.15) is 0 Å². The number of hydrogen-bond acceptors (Lipinski definition) is 4. The predicted molar refractivity (Wildman–Crippen MR) is 127 cm³/mol. The Labute approximate surface area is 194 Å². The molecular weight excluding hydrogens is 503 g/mol. The molecule has 1 fully saturated rings. The summed E-state index contributed by atoms with van der Waals surface area (Å²) in [4.78, 5) is 18.3. The zero-order valence-corrected chi connectivity index (χ0v) is 19.6. The van der Waals surface area contributed by atoms with E-state index in [-0.39, 0.29) is 17.9 Å². The second-order valence-corrected chi connectivity index (χ2v) is 9.49. The molecular formula is C24H23IN4O2. The van der Waals surface area contributed by atoms with Crippen LogP contribution in [0.4, 0.5) is 0 Å². The van der Waals surface area contributed by atoms with Crippen molar-refractivity contribution in [3.63, 3.8) is 0 Å². The van der Waals surface area contributed by atoms with Crippen molar-refractivity contribution in [2.75, 3.05) is 7.05 Å². The Morgan fingerprint density at radius 1 is 1.19 bits per heavy atom. The van der Waals surface area contributed by atoms with Gasteiger partial charge < -0.3 is 14.3 Å². The lowest BCUT2D eigenvalue weighted by atomic mass is 9.60. The number of H-pyrrole nitrogens is 1. The molecule has 6 nitrogen and oxygen atoms in total. The van der Waals surface area contributed by atoms with E-state index in [0.717, 1.165) is 23.7 Å². The summed E-state index contributed by atoms with van der Waals surface area (Å²) in [5.41, 5.74) is 4.17. The molecule has 1 amide bonds. The standard InChI is InChI=1S/C24H23IN4O2/c1-15-27-28-21(31-15)14-29(2)23(30)19-6-3-5-18-20(13-26-22(18)19)24(11-4-12-24)16-7-9-17(25)10-8-16/h3,5-10,13,26H,4,11-12,14H2,1-2H3. The van der Waals surface area contributed by atoms with E-state index in [2.05, 4.69) is 74.3 Å². The first-order chi connectivity index (χ1) is 15.0. The predicted octanol–water partition coefficient (Wildman–Crippen LogP) is 5.21. The normalized spacial score (nSPS) is 15.1.